The lowest BCUT2D eigenvalue weighted by molar-refractivity contribution is 0.422. The molecule has 4 aromatic rings. The molecule has 1 aliphatic heterocycles. The summed E-state index contributed by atoms with van der Waals surface area (Å²) in [6.07, 6.45) is 2.33. The van der Waals surface area contributed by atoms with Crippen LogP contribution in [0.5, 0.6) is 0 Å². The minimum absolute atomic E-state index is 0.204. The maximum absolute atomic E-state index is 12.8. The van der Waals surface area contributed by atoms with Crippen molar-refractivity contribution in [3.05, 3.63) is 88.6 Å². The van der Waals surface area contributed by atoms with Crippen LogP contribution < -0.4 is 4.72 Å². The van der Waals surface area contributed by atoms with Gasteiger partial charge in [0.25, 0.3) is 10.0 Å². The fourth-order valence-electron chi connectivity index (χ4n) is 3.45. The maximum Gasteiger partial charge on any atom is 0.271 e. The molecule has 3 heterocycles. The number of thiophene rings is 1. The van der Waals surface area contributed by atoms with Crippen LogP contribution in [0.25, 0.3) is 10.6 Å². The second-order valence-corrected chi connectivity index (χ2v) is 10.4. The van der Waals surface area contributed by atoms with Crippen LogP contribution in [0.4, 0.5) is 5.69 Å². The van der Waals surface area contributed by atoms with E-state index in [0.717, 1.165) is 39.5 Å². The molecule has 0 fully saturated rings. The Labute approximate surface area is 188 Å². The molecule has 0 radical (unpaired) electrons. The average Bonchev–Trinajstić information content (AvgIpc) is 3.46. The summed E-state index contributed by atoms with van der Waals surface area (Å²) < 4.78 is 33.2. The monoisotopic (exact) mass is 469 g/mol. The summed E-state index contributed by atoms with van der Waals surface area (Å²) in [7, 11) is -3.71. The number of halogens is 1. The van der Waals surface area contributed by atoms with Gasteiger partial charge in [-0.1, -0.05) is 35.0 Å². The van der Waals surface area contributed by atoms with E-state index in [1.54, 1.807) is 30.3 Å². The zero-order chi connectivity index (χ0) is 21.4. The van der Waals surface area contributed by atoms with Crippen molar-refractivity contribution in [3.8, 4) is 10.6 Å². The fraction of sp³-hybridized carbons (Fsp3) is 0.0909. The average molecular weight is 470 g/mol. The second-order valence-electron chi connectivity index (χ2n) is 6.97. The van der Waals surface area contributed by atoms with Crippen molar-refractivity contribution in [2.75, 3.05) is 11.3 Å². The number of hydrogen-bond acceptors (Lipinski definition) is 6. The van der Waals surface area contributed by atoms with Crippen LogP contribution >= 0.6 is 22.9 Å². The van der Waals surface area contributed by atoms with Gasteiger partial charge in [0.1, 0.15) is 16.2 Å². The van der Waals surface area contributed by atoms with Crippen molar-refractivity contribution < 1.29 is 12.9 Å². The van der Waals surface area contributed by atoms with E-state index in [-0.39, 0.29) is 4.21 Å². The van der Waals surface area contributed by atoms with E-state index >= 15 is 0 Å². The Hall–Kier alpha value is -2.94. The molecule has 5 rings (SSSR count). The van der Waals surface area contributed by atoms with Gasteiger partial charge in [0, 0.05) is 34.4 Å². The molecule has 156 valence electrons. The van der Waals surface area contributed by atoms with Crippen LogP contribution in [-0.2, 0) is 16.4 Å². The molecule has 0 amide bonds. The molecule has 9 heteroatoms. The molecule has 0 bridgehead atoms. The van der Waals surface area contributed by atoms with Crippen molar-refractivity contribution in [2.24, 2.45) is 4.99 Å². The van der Waals surface area contributed by atoms with Crippen LogP contribution in [0.1, 0.15) is 16.7 Å². The first kappa shape index (κ1) is 20.0. The Balaban J connectivity index is 1.38. The molecule has 31 heavy (non-hydrogen) atoms. The van der Waals surface area contributed by atoms with E-state index in [9.17, 15) is 8.42 Å². The molecule has 0 unspecified atom stereocenters. The lowest BCUT2D eigenvalue weighted by Gasteiger charge is -2.18. The van der Waals surface area contributed by atoms with Crippen LogP contribution in [-0.4, -0.2) is 25.8 Å². The summed E-state index contributed by atoms with van der Waals surface area (Å²) in [5.74, 6) is 0. The number of fused-ring (bicyclic) bond motifs is 1. The largest absolute Gasteiger partial charge is 0.364 e. The molecular formula is C22H16ClN3O3S2. The van der Waals surface area contributed by atoms with Gasteiger partial charge in [-0.3, -0.25) is 9.71 Å². The number of aromatic nitrogens is 1. The number of sulfonamides is 1. The molecular weight excluding hydrogens is 454 g/mol. The Morgan fingerprint density at radius 3 is 2.65 bits per heavy atom. The Bertz CT molecular complexity index is 1380. The van der Waals surface area contributed by atoms with E-state index < -0.39 is 10.0 Å². The number of nitrogens with zero attached hydrogens (tertiary/aromatic N) is 2. The third kappa shape index (κ3) is 4.01. The van der Waals surface area contributed by atoms with Gasteiger partial charge in [0.2, 0.25) is 0 Å². The summed E-state index contributed by atoms with van der Waals surface area (Å²) in [6.45, 7) is 0.713. The Morgan fingerprint density at radius 1 is 1.03 bits per heavy atom. The molecule has 0 spiro atoms. The van der Waals surface area contributed by atoms with Crippen LogP contribution in [0, 0.1) is 0 Å². The highest BCUT2D eigenvalue weighted by atomic mass is 35.5. The minimum Gasteiger partial charge on any atom is -0.364 e. The van der Waals surface area contributed by atoms with Crippen molar-refractivity contribution in [3.63, 3.8) is 0 Å². The van der Waals surface area contributed by atoms with Crippen molar-refractivity contribution in [1.29, 1.82) is 0 Å². The number of aliphatic imine (C=N–C) groups is 1. The van der Waals surface area contributed by atoms with Crippen molar-refractivity contribution in [1.82, 2.24) is 5.16 Å². The van der Waals surface area contributed by atoms with E-state index in [1.807, 2.05) is 30.3 Å². The summed E-state index contributed by atoms with van der Waals surface area (Å²) in [5, 5.41) is 4.51. The lowest BCUT2D eigenvalue weighted by atomic mass is 9.93. The predicted molar refractivity (Wildman–Crippen MR) is 123 cm³/mol. The molecule has 0 saturated carbocycles. The molecule has 0 saturated heterocycles. The van der Waals surface area contributed by atoms with Crippen LogP contribution in [0.3, 0.4) is 0 Å². The summed E-state index contributed by atoms with van der Waals surface area (Å²) in [5.41, 5.74) is 5.09. The predicted octanol–water partition coefficient (Wildman–Crippen LogP) is 5.25. The highest BCUT2D eigenvalue weighted by molar-refractivity contribution is 7.94. The number of hydrogen-bond donors (Lipinski definition) is 1. The maximum atomic E-state index is 12.8. The SMILES string of the molecule is O=S(=O)(Nc1ccc(C2=NCCc3ccc(Cl)cc32)cc1)c1ccc(-c2ccon2)s1. The van der Waals surface area contributed by atoms with Gasteiger partial charge < -0.3 is 4.52 Å². The summed E-state index contributed by atoms with van der Waals surface area (Å²) >= 11 is 7.31. The smallest absolute Gasteiger partial charge is 0.271 e. The normalized spacial score (nSPS) is 13.5. The Morgan fingerprint density at radius 2 is 1.87 bits per heavy atom. The number of benzene rings is 2. The van der Waals surface area contributed by atoms with E-state index in [0.29, 0.717) is 22.9 Å². The quantitative estimate of drug-likeness (QED) is 0.432. The molecule has 6 nitrogen and oxygen atoms in total. The zero-order valence-electron chi connectivity index (χ0n) is 16.1. The van der Waals surface area contributed by atoms with Crippen LogP contribution in [0.2, 0.25) is 5.02 Å². The molecule has 0 aliphatic carbocycles. The van der Waals surface area contributed by atoms with Crippen molar-refractivity contribution in [2.45, 2.75) is 10.6 Å². The molecule has 1 aliphatic rings. The second kappa shape index (κ2) is 7.96. The topological polar surface area (TPSA) is 84.6 Å². The third-order valence-electron chi connectivity index (χ3n) is 4.93. The highest BCUT2D eigenvalue weighted by Gasteiger charge is 2.20. The van der Waals surface area contributed by atoms with Gasteiger partial charge in [-0.25, -0.2) is 8.42 Å². The summed E-state index contributed by atoms with van der Waals surface area (Å²) in [4.78, 5) is 5.39. The first-order valence-corrected chi connectivity index (χ1v) is 12.1. The summed E-state index contributed by atoms with van der Waals surface area (Å²) in [6, 6.07) is 18.0. The molecule has 2 aromatic heterocycles. The fourth-order valence-corrected chi connectivity index (χ4v) is 5.95. The van der Waals surface area contributed by atoms with E-state index in [1.165, 1.54) is 11.8 Å². The van der Waals surface area contributed by atoms with E-state index in [2.05, 4.69) is 14.9 Å². The zero-order valence-corrected chi connectivity index (χ0v) is 18.5. The van der Waals surface area contributed by atoms with Crippen LogP contribution in [0.15, 0.2) is 80.7 Å². The molecule has 0 atom stereocenters. The third-order valence-corrected chi connectivity index (χ3v) is 8.14. The Kier molecular flexibility index (Phi) is 5.13. The number of anilines is 1. The standard InChI is InChI=1S/C22H16ClN3O3S2/c23-16-4-1-14-9-11-24-22(18(14)13-16)15-2-5-17(6-3-15)26-31(27,28)21-8-7-20(30-21)19-10-12-29-25-19/h1-8,10,12-13,26H,9,11H2. The minimum atomic E-state index is -3.71. The lowest BCUT2D eigenvalue weighted by Crippen LogP contribution is -2.15. The van der Waals surface area contributed by atoms with Gasteiger partial charge in [-0.2, -0.15) is 0 Å². The van der Waals surface area contributed by atoms with Gasteiger partial charge in [0.15, 0.2) is 0 Å². The van der Waals surface area contributed by atoms with Gasteiger partial charge >= 0.3 is 0 Å². The number of nitrogens with one attached hydrogen (secondary N) is 1. The van der Waals surface area contributed by atoms with Gasteiger partial charge in [-0.15, -0.1) is 11.3 Å². The van der Waals surface area contributed by atoms with E-state index in [4.69, 9.17) is 16.1 Å². The molecule has 2 aromatic carbocycles. The highest BCUT2D eigenvalue weighted by Crippen LogP contribution is 2.31. The van der Waals surface area contributed by atoms with Crippen molar-refractivity contribution >= 4 is 44.4 Å². The van der Waals surface area contributed by atoms with Gasteiger partial charge in [-0.05, 0) is 48.4 Å². The first-order valence-electron chi connectivity index (χ1n) is 9.47. The number of rotatable bonds is 5. The van der Waals surface area contributed by atoms with Gasteiger partial charge in [0.05, 0.1) is 10.6 Å². The first-order chi connectivity index (χ1) is 15.0. The molecule has 1 N–H and O–H groups in total.